The van der Waals surface area contributed by atoms with Crippen molar-refractivity contribution in [1.29, 1.82) is 0 Å². The number of hydrogen-bond acceptors (Lipinski definition) is 9. The highest BCUT2D eigenvalue weighted by molar-refractivity contribution is 5.94. The molecule has 0 spiro atoms. The number of nitrogens with zero attached hydrogens (tertiary/aromatic N) is 4. The van der Waals surface area contributed by atoms with Gasteiger partial charge < -0.3 is 25.3 Å². The fourth-order valence-electron chi connectivity index (χ4n) is 7.44. The lowest BCUT2D eigenvalue weighted by molar-refractivity contribution is 0.0407. The van der Waals surface area contributed by atoms with Gasteiger partial charge in [0.25, 0.3) is 0 Å². The molecule has 4 heterocycles. The van der Waals surface area contributed by atoms with E-state index in [4.69, 9.17) is 19.9 Å². The number of fused-ring (bicyclic) bond motifs is 2. The van der Waals surface area contributed by atoms with Crippen LogP contribution in [0.25, 0.3) is 44.3 Å². The van der Waals surface area contributed by atoms with Crippen molar-refractivity contribution in [2.75, 3.05) is 13.2 Å². The van der Waals surface area contributed by atoms with Gasteiger partial charge >= 0.3 is 6.09 Å². The van der Waals surface area contributed by atoms with Crippen molar-refractivity contribution in [3.05, 3.63) is 108 Å². The summed E-state index contributed by atoms with van der Waals surface area (Å²) >= 11 is 0. The van der Waals surface area contributed by atoms with Gasteiger partial charge in [0, 0.05) is 39.8 Å². The first-order valence-corrected chi connectivity index (χ1v) is 20.7. The molecule has 6 rings (SSSR count). The molecular weight excluding hydrogens is 775 g/mol. The van der Waals surface area contributed by atoms with Gasteiger partial charge in [-0.1, -0.05) is 27.7 Å². The van der Waals surface area contributed by atoms with Crippen molar-refractivity contribution < 1.29 is 27.8 Å². The van der Waals surface area contributed by atoms with Crippen LogP contribution in [0.15, 0.2) is 85.5 Å². The predicted molar refractivity (Wildman–Crippen MR) is 240 cm³/mol. The van der Waals surface area contributed by atoms with Gasteiger partial charge in [0.1, 0.15) is 41.9 Å². The van der Waals surface area contributed by atoms with E-state index in [-0.39, 0.29) is 18.2 Å². The molecule has 0 aliphatic heterocycles. The second-order valence-electron chi connectivity index (χ2n) is 18.3. The standard InChI is InChI=1S/C27H34FN3O3.C22H26FN3O/c1-17(2)14-27(7,31-25(32)34-26(4,5)6)16-33-24-15-30-23(12-18(24)3)20-10-11-29-22-9-8-19(28)13-21(20)22;1-14(2)11-22(4,24)13-27-21-12-26-20(9-15(21)3)17-7-8-25-19-6-5-16(23)10-18(17)19/h8-13,15,17H,14,16H2,1-7H3,(H,31,32);5-10,12,14H,11,13,24H2,1-4H3/t27-;22-/m00/s1. The summed E-state index contributed by atoms with van der Waals surface area (Å²) in [5.41, 5.74) is 11.1. The summed E-state index contributed by atoms with van der Waals surface area (Å²) in [6.07, 6.45) is 7.90. The fourth-order valence-corrected chi connectivity index (χ4v) is 7.44. The van der Waals surface area contributed by atoms with Gasteiger partial charge in [-0.15, -0.1) is 0 Å². The molecule has 0 bridgehead atoms. The van der Waals surface area contributed by atoms with Crippen LogP contribution >= 0.6 is 0 Å². The molecule has 324 valence electrons. The number of nitrogens with one attached hydrogen (secondary N) is 1. The number of carbonyl (C=O) groups excluding carboxylic acids is 1. The number of amides is 1. The summed E-state index contributed by atoms with van der Waals surface area (Å²) in [6, 6.07) is 16.6. The summed E-state index contributed by atoms with van der Waals surface area (Å²) in [4.78, 5) is 30.1. The zero-order valence-corrected chi connectivity index (χ0v) is 37.3. The lowest BCUT2D eigenvalue weighted by Crippen LogP contribution is -2.52. The quantitative estimate of drug-likeness (QED) is 0.117. The maximum Gasteiger partial charge on any atom is 0.408 e. The zero-order valence-electron chi connectivity index (χ0n) is 37.3. The normalized spacial score (nSPS) is 13.6. The average molecular weight is 835 g/mol. The topological polar surface area (TPSA) is 134 Å². The lowest BCUT2D eigenvalue weighted by atomic mass is 9.91. The summed E-state index contributed by atoms with van der Waals surface area (Å²) in [6.45, 7) is 22.5. The molecule has 2 atom stereocenters. The number of alkyl carbamates (subject to hydrolysis) is 1. The first-order valence-electron chi connectivity index (χ1n) is 20.7. The molecule has 10 nitrogen and oxygen atoms in total. The van der Waals surface area contributed by atoms with Crippen LogP contribution in [-0.2, 0) is 4.74 Å². The van der Waals surface area contributed by atoms with Crippen LogP contribution in [0.1, 0.15) is 86.3 Å². The van der Waals surface area contributed by atoms with Crippen molar-refractivity contribution in [1.82, 2.24) is 25.3 Å². The minimum Gasteiger partial charge on any atom is -0.490 e. The van der Waals surface area contributed by atoms with Gasteiger partial charge in [-0.3, -0.25) is 19.9 Å². The molecule has 0 saturated carbocycles. The van der Waals surface area contributed by atoms with Gasteiger partial charge in [0.05, 0.1) is 40.4 Å². The highest BCUT2D eigenvalue weighted by Gasteiger charge is 2.31. The largest absolute Gasteiger partial charge is 0.490 e. The van der Waals surface area contributed by atoms with E-state index in [1.807, 2.05) is 72.7 Å². The van der Waals surface area contributed by atoms with Gasteiger partial charge in [-0.25, -0.2) is 13.6 Å². The van der Waals surface area contributed by atoms with Gasteiger partial charge in [-0.05, 0) is 145 Å². The van der Waals surface area contributed by atoms with Crippen molar-refractivity contribution >= 4 is 27.9 Å². The van der Waals surface area contributed by atoms with Gasteiger partial charge in [0.2, 0.25) is 0 Å². The molecule has 4 aromatic heterocycles. The molecular formula is C49H60F2N6O4. The number of aryl methyl sites for hydroxylation is 2. The second-order valence-corrected chi connectivity index (χ2v) is 18.3. The molecule has 3 N–H and O–H groups in total. The third kappa shape index (κ3) is 13.1. The Morgan fingerprint density at radius 1 is 0.672 bits per heavy atom. The highest BCUT2D eigenvalue weighted by Crippen LogP contribution is 2.32. The number of benzene rings is 2. The Morgan fingerprint density at radius 2 is 1.13 bits per heavy atom. The van der Waals surface area contributed by atoms with E-state index >= 15 is 0 Å². The predicted octanol–water partition coefficient (Wildman–Crippen LogP) is 11.3. The number of hydrogen-bond donors (Lipinski definition) is 2. The van der Waals surface area contributed by atoms with Crippen LogP contribution in [0, 0.1) is 37.3 Å². The Kier molecular flexibility index (Phi) is 14.7. The Labute approximate surface area is 358 Å². The number of carbonyl (C=O) groups is 1. The highest BCUT2D eigenvalue weighted by atomic mass is 19.1. The number of nitrogens with two attached hydrogens (primary N) is 1. The van der Waals surface area contributed by atoms with Crippen LogP contribution < -0.4 is 20.5 Å². The number of rotatable bonds is 13. The summed E-state index contributed by atoms with van der Waals surface area (Å²) in [5, 5.41) is 4.43. The van der Waals surface area contributed by atoms with Crippen LogP contribution in [-0.4, -0.2) is 55.9 Å². The maximum atomic E-state index is 13.9. The molecule has 0 aliphatic rings. The van der Waals surface area contributed by atoms with E-state index in [9.17, 15) is 13.6 Å². The van der Waals surface area contributed by atoms with Gasteiger partial charge in [-0.2, -0.15) is 0 Å². The van der Waals surface area contributed by atoms with E-state index in [1.54, 1.807) is 36.9 Å². The summed E-state index contributed by atoms with van der Waals surface area (Å²) in [7, 11) is 0. The smallest absolute Gasteiger partial charge is 0.408 e. The first kappa shape index (κ1) is 46.3. The summed E-state index contributed by atoms with van der Waals surface area (Å²) < 4.78 is 45.1. The SMILES string of the molecule is Cc1cc(-c2ccnc3ccc(F)cc23)ncc1OC[C@@](C)(N)CC(C)C.Cc1cc(-c2ccnc3ccc(F)cc23)ncc1OC[C@](C)(CC(C)C)NC(=O)OC(C)(C)C. The van der Waals surface area contributed by atoms with E-state index in [1.165, 1.54) is 24.3 Å². The number of pyridine rings is 4. The van der Waals surface area contributed by atoms with E-state index in [0.717, 1.165) is 45.3 Å². The van der Waals surface area contributed by atoms with Crippen molar-refractivity contribution in [3.8, 4) is 34.0 Å². The molecule has 6 aromatic rings. The molecule has 0 saturated heterocycles. The van der Waals surface area contributed by atoms with Crippen LogP contribution in [0.4, 0.5) is 13.6 Å². The molecule has 2 aromatic carbocycles. The number of ether oxygens (including phenoxy) is 3. The minimum atomic E-state index is -0.625. The molecule has 0 unspecified atom stereocenters. The Morgan fingerprint density at radius 3 is 1.56 bits per heavy atom. The monoisotopic (exact) mass is 834 g/mol. The average Bonchev–Trinajstić information content (AvgIpc) is 3.15. The Hall–Kier alpha value is -5.75. The van der Waals surface area contributed by atoms with Crippen LogP contribution in [0.3, 0.4) is 0 Å². The van der Waals surface area contributed by atoms with E-state index in [2.05, 4.69) is 52.9 Å². The van der Waals surface area contributed by atoms with Crippen molar-refractivity contribution in [2.24, 2.45) is 17.6 Å². The molecule has 61 heavy (non-hydrogen) atoms. The van der Waals surface area contributed by atoms with Crippen molar-refractivity contribution in [2.45, 2.75) is 106 Å². The fraction of sp³-hybridized carbons (Fsp3) is 0.408. The summed E-state index contributed by atoms with van der Waals surface area (Å²) in [5.74, 6) is 1.57. The third-order valence-corrected chi connectivity index (χ3v) is 9.72. The lowest BCUT2D eigenvalue weighted by Gasteiger charge is -2.33. The second kappa shape index (κ2) is 19.3. The first-order chi connectivity index (χ1) is 28.6. The zero-order chi connectivity index (χ0) is 44.7. The molecule has 0 radical (unpaired) electrons. The van der Waals surface area contributed by atoms with Gasteiger partial charge in [0.15, 0.2) is 0 Å². The molecule has 0 fully saturated rings. The Bertz CT molecular complexity index is 2470. The molecule has 12 heteroatoms. The van der Waals surface area contributed by atoms with E-state index in [0.29, 0.717) is 53.0 Å². The van der Waals surface area contributed by atoms with E-state index < -0.39 is 22.8 Å². The third-order valence-electron chi connectivity index (χ3n) is 9.72. The van der Waals surface area contributed by atoms with Crippen LogP contribution in [0.5, 0.6) is 11.5 Å². The molecule has 0 aliphatic carbocycles. The number of halogens is 2. The number of aromatic nitrogens is 4. The molecule has 1 amide bonds. The van der Waals surface area contributed by atoms with Crippen LogP contribution in [0.2, 0.25) is 0 Å². The Balaban J connectivity index is 0.000000237. The van der Waals surface area contributed by atoms with Crippen molar-refractivity contribution in [3.63, 3.8) is 0 Å². The maximum absolute atomic E-state index is 13.9. The minimum absolute atomic E-state index is 0.260.